The number of aryl methyl sites for hydroxylation is 3. The fraction of sp³-hybridized carbons (Fsp3) is 0.571. The van der Waals surface area contributed by atoms with E-state index in [1.807, 2.05) is 20.1 Å². The number of aromatic nitrogens is 3. The van der Waals surface area contributed by atoms with E-state index in [1.54, 1.807) is 30.0 Å². The zero-order chi connectivity index (χ0) is 23.0. The number of sulfonamides is 1. The van der Waals surface area contributed by atoms with Crippen molar-refractivity contribution >= 4 is 27.7 Å². The molecule has 8 nitrogen and oxygen atoms in total. The molecule has 0 saturated carbocycles. The lowest BCUT2D eigenvalue weighted by molar-refractivity contribution is -0.120. The van der Waals surface area contributed by atoms with Crippen LogP contribution in [-0.4, -0.2) is 48.4 Å². The fourth-order valence-electron chi connectivity index (χ4n) is 3.03. The van der Waals surface area contributed by atoms with Gasteiger partial charge in [-0.05, 0) is 55.7 Å². The van der Waals surface area contributed by atoms with Gasteiger partial charge in [0.1, 0.15) is 5.82 Å². The van der Waals surface area contributed by atoms with Crippen LogP contribution < -0.4 is 10.0 Å². The van der Waals surface area contributed by atoms with Gasteiger partial charge in [-0.15, -0.1) is 10.2 Å². The van der Waals surface area contributed by atoms with Crippen molar-refractivity contribution in [1.82, 2.24) is 24.8 Å². The van der Waals surface area contributed by atoms with Crippen molar-refractivity contribution in [3.8, 4) is 0 Å². The number of rotatable bonds is 12. The number of thioether (sulfide) groups is 1. The molecule has 0 unspecified atom stereocenters. The number of carbonyl (C=O) groups excluding carboxylic acids is 1. The predicted molar refractivity (Wildman–Crippen MR) is 124 cm³/mol. The maximum Gasteiger partial charge on any atom is 0.240 e. The molecule has 0 aliphatic rings. The summed E-state index contributed by atoms with van der Waals surface area (Å²) in [6.45, 7) is 9.54. The Morgan fingerprint density at radius 3 is 2.55 bits per heavy atom. The van der Waals surface area contributed by atoms with Gasteiger partial charge in [0.2, 0.25) is 15.9 Å². The van der Waals surface area contributed by atoms with Gasteiger partial charge in [-0.2, -0.15) is 0 Å². The molecule has 0 aliphatic heterocycles. The van der Waals surface area contributed by atoms with Crippen LogP contribution in [-0.2, 0) is 27.8 Å². The Balaban J connectivity index is 1.74. The Bertz CT molecular complexity index is 987. The summed E-state index contributed by atoms with van der Waals surface area (Å²) < 4.78 is 29.4. The molecule has 0 bridgehead atoms. The number of nitrogens with zero attached hydrogens (tertiary/aromatic N) is 3. The van der Waals surface area contributed by atoms with Crippen molar-refractivity contribution in [2.45, 2.75) is 63.6 Å². The molecule has 1 aromatic heterocycles. The molecule has 0 fully saturated rings. The second-order valence-corrected chi connectivity index (χ2v) is 10.5. The van der Waals surface area contributed by atoms with Gasteiger partial charge >= 0.3 is 0 Å². The topological polar surface area (TPSA) is 106 Å². The van der Waals surface area contributed by atoms with Crippen LogP contribution in [0.5, 0.6) is 0 Å². The highest BCUT2D eigenvalue weighted by Crippen LogP contribution is 2.17. The smallest absolute Gasteiger partial charge is 0.240 e. The average molecular weight is 468 g/mol. The number of hydrogen-bond donors (Lipinski definition) is 2. The van der Waals surface area contributed by atoms with Crippen LogP contribution in [0.1, 0.15) is 43.6 Å². The van der Waals surface area contributed by atoms with E-state index in [-0.39, 0.29) is 23.8 Å². The van der Waals surface area contributed by atoms with E-state index in [4.69, 9.17) is 0 Å². The van der Waals surface area contributed by atoms with Crippen LogP contribution in [0.15, 0.2) is 28.3 Å². The summed E-state index contributed by atoms with van der Waals surface area (Å²) in [5.74, 6) is 1.23. The first-order valence-electron chi connectivity index (χ1n) is 10.4. The molecule has 0 aliphatic carbocycles. The molecular weight excluding hydrogens is 434 g/mol. The number of nitrogens with one attached hydrogen (secondary N) is 2. The normalized spacial score (nSPS) is 11.8. The van der Waals surface area contributed by atoms with Crippen LogP contribution in [0.4, 0.5) is 0 Å². The summed E-state index contributed by atoms with van der Waals surface area (Å²) in [5, 5.41) is 12.2. The largest absolute Gasteiger partial charge is 0.356 e. The van der Waals surface area contributed by atoms with E-state index < -0.39 is 10.0 Å². The van der Waals surface area contributed by atoms with E-state index in [9.17, 15) is 13.2 Å². The van der Waals surface area contributed by atoms with Crippen molar-refractivity contribution in [3.05, 3.63) is 35.2 Å². The highest BCUT2D eigenvalue weighted by molar-refractivity contribution is 7.98. The van der Waals surface area contributed by atoms with Crippen LogP contribution in [0.2, 0.25) is 0 Å². The third kappa shape index (κ3) is 7.62. The first-order chi connectivity index (χ1) is 14.6. The summed E-state index contributed by atoms with van der Waals surface area (Å²) >= 11 is 1.58. The van der Waals surface area contributed by atoms with Crippen LogP contribution >= 0.6 is 11.8 Å². The Hall–Kier alpha value is -1.91. The van der Waals surface area contributed by atoms with Crippen LogP contribution in [0.3, 0.4) is 0 Å². The van der Waals surface area contributed by atoms with Crippen LogP contribution in [0.25, 0.3) is 0 Å². The lowest BCUT2D eigenvalue weighted by Crippen LogP contribution is -2.31. The van der Waals surface area contributed by atoms with Crippen molar-refractivity contribution in [1.29, 1.82) is 0 Å². The zero-order valence-electron chi connectivity index (χ0n) is 18.9. The molecule has 10 heteroatoms. The molecule has 0 atom stereocenters. The van der Waals surface area contributed by atoms with E-state index >= 15 is 0 Å². The summed E-state index contributed by atoms with van der Waals surface area (Å²) in [6.07, 6.45) is 3.54. The maximum atomic E-state index is 12.4. The highest BCUT2D eigenvalue weighted by Gasteiger charge is 2.15. The number of amides is 1. The van der Waals surface area contributed by atoms with Gasteiger partial charge < -0.3 is 9.88 Å². The Kier molecular flexibility index (Phi) is 9.52. The maximum absolute atomic E-state index is 12.4. The summed E-state index contributed by atoms with van der Waals surface area (Å²) in [4.78, 5) is 12.3. The average Bonchev–Trinajstić information content (AvgIpc) is 3.08. The van der Waals surface area contributed by atoms with Gasteiger partial charge in [0.25, 0.3) is 0 Å². The van der Waals surface area contributed by atoms with E-state index in [1.165, 1.54) is 0 Å². The molecule has 0 saturated heterocycles. The molecule has 1 amide bonds. The van der Waals surface area contributed by atoms with E-state index in [2.05, 4.69) is 38.7 Å². The van der Waals surface area contributed by atoms with Crippen molar-refractivity contribution in [2.75, 3.05) is 19.3 Å². The molecular formula is C21H33N5O3S2. The second kappa shape index (κ2) is 11.6. The quantitative estimate of drug-likeness (QED) is 0.367. The third-order valence-electron chi connectivity index (χ3n) is 4.86. The lowest BCUT2D eigenvalue weighted by Gasteiger charge is -2.12. The van der Waals surface area contributed by atoms with Crippen molar-refractivity contribution in [2.24, 2.45) is 5.92 Å². The monoisotopic (exact) mass is 467 g/mol. The van der Waals surface area contributed by atoms with Gasteiger partial charge in [-0.3, -0.25) is 4.79 Å². The molecule has 0 radical (unpaired) electrons. The third-order valence-corrected chi connectivity index (χ3v) is 6.98. The van der Waals surface area contributed by atoms with Crippen molar-refractivity contribution < 1.29 is 13.2 Å². The standard InChI is InChI=1S/C21H33N5O3S2/c1-15(2)14-26-19(24-25-21(26)30-5)7-6-11-22-20(27)10-12-23-31(28,29)18-9-8-16(3)17(4)13-18/h8-9,13,15,23H,6-7,10-12,14H2,1-5H3,(H,22,27). The first-order valence-corrected chi connectivity index (χ1v) is 13.1. The Morgan fingerprint density at radius 1 is 1.16 bits per heavy atom. The SMILES string of the molecule is CSc1nnc(CCCNC(=O)CCNS(=O)(=O)c2ccc(C)c(C)c2)n1CC(C)C. The minimum atomic E-state index is -3.62. The molecule has 2 N–H and O–H groups in total. The Morgan fingerprint density at radius 2 is 1.90 bits per heavy atom. The van der Waals surface area contributed by atoms with Gasteiger partial charge in [0, 0.05) is 32.5 Å². The zero-order valence-corrected chi connectivity index (χ0v) is 20.6. The predicted octanol–water partition coefficient (Wildman–Crippen LogP) is 2.69. The summed E-state index contributed by atoms with van der Waals surface area (Å²) in [7, 11) is -3.62. The van der Waals surface area contributed by atoms with E-state index in [0.717, 1.165) is 41.5 Å². The summed E-state index contributed by atoms with van der Waals surface area (Å²) in [5.41, 5.74) is 1.94. The van der Waals surface area contributed by atoms with Gasteiger partial charge in [-0.25, -0.2) is 13.1 Å². The molecule has 0 spiro atoms. The molecule has 172 valence electrons. The molecule has 31 heavy (non-hydrogen) atoms. The van der Waals surface area contributed by atoms with E-state index in [0.29, 0.717) is 12.5 Å². The number of hydrogen-bond acceptors (Lipinski definition) is 6. The van der Waals surface area contributed by atoms with Gasteiger partial charge in [0.05, 0.1) is 4.90 Å². The second-order valence-electron chi connectivity index (χ2n) is 7.95. The van der Waals surface area contributed by atoms with Gasteiger partial charge in [0.15, 0.2) is 5.16 Å². The van der Waals surface area contributed by atoms with Crippen LogP contribution in [0, 0.1) is 19.8 Å². The summed E-state index contributed by atoms with van der Waals surface area (Å²) in [6, 6.07) is 4.99. The first kappa shape index (κ1) is 25.4. The van der Waals surface area contributed by atoms with Gasteiger partial charge in [-0.1, -0.05) is 31.7 Å². The highest BCUT2D eigenvalue weighted by atomic mass is 32.2. The van der Waals surface area contributed by atoms with Crippen molar-refractivity contribution in [3.63, 3.8) is 0 Å². The number of benzene rings is 1. The molecule has 2 rings (SSSR count). The lowest BCUT2D eigenvalue weighted by atomic mass is 10.1. The number of carbonyl (C=O) groups is 1. The molecule has 1 aromatic carbocycles. The molecule has 2 aromatic rings. The molecule has 1 heterocycles. The minimum Gasteiger partial charge on any atom is -0.356 e. The Labute approximate surface area is 189 Å². The fourth-order valence-corrected chi connectivity index (χ4v) is 4.67. The minimum absolute atomic E-state index is 0.0564.